The second-order valence-corrected chi connectivity index (χ2v) is 2.90. The molecule has 3 nitrogen and oxygen atoms in total. The van der Waals surface area contributed by atoms with Crippen molar-refractivity contribution < 1.29 is 9.52 Å². The van der Waals surface area contributed by atoms with Crippen LogP contribution in [0.2, 0.25) is 0 Å². The summed E-state index contributed by atoms with van der Waals surface area (Å²) in [5.74, 6) is 1.46. The predicted octanol–water partition coefficient (Wildman–Crippen LogP) is 1.05. The molecule has 3 N–H and O–H groups in total. The van der Waals surface area contributed by atoms with Gasteiger partial charge in [-0.15, -0.1) is 0 Å². The Morgan fingerprint density at radius 1 is 1.50 bits per heavy atom. The molecule has 0 amide bonds. The minimum Gasteiger partial charge on any atom is -0.464 e. The molecule has 1 aromatic rings. The van der Waals surface area contributed by atoms with Gasteiger partial charge in [-0.05, 0) is 18.6 Å². The number of furan rings is 1. The molecule has 0 saturated heterocycles. The van der Waals surface area contributed by atoms with Crippen LogP contribution < -0.4 is 5.73 Å². The van der Waals surface area contributed by atoms with Crippen molar-refractivity contribution in [2.45, 2.75) is 32.4 Å². The van der Waals surface area contributed by atoms with Gasteiger partial charge in [-0.2, -0.15) is 0 Å². The van der Waals surface area contributed by atoms with Gasteiger partial charge in [-0.1, -0.05) is 6.92 Å². The number of hydrogen-bond donors (Lipinski definition) is 2. The van der Waals surface area contributed by atoms with Gasteiger partial charge in [-0.3, -0.25) is 0 Å². The van der Waals surface area contributed by atoms with Crippen LogP contribution in [0.1, 0.15) is 24.9 Å². The summed E-state index contributed by atoms with van der Waals surface area (Å²) in [7, 11) is 0. The van der Waals surface area contributed by atoms with Crippen molar-refractivity contribution in [2.24, 2.45) is 5.73 Å². The first-order valence-corrected chi connectivity index (χ1v) is 4.20. The van der Waals surface area contributed by atoms with Crippen LogP contribution in [0.15, 0.2) is 16.5 Å². The molecule has 0 aliphatic carbocycles. The summed E-state index contributed by atoms with van der Waals surface area (Å²) in [6.45, 7) is 2.00. The third kappa shape index (κ3) is 2.36. The van der Waals surface area contributed by atoms with Gasteiger partial charge in [0, 0.05) is 12.5 Å². The van der Waals surface area contributed by atoms with Crippen LogP contribution in [0.5, 0.6) is 0 Å². The van der Waals surface area contributed by atoms with E-state index in [0.29, 0.717) is 5.76 Å². The fraction of sp³-hybridized carbons (Fsp3) is 0.556. The minimum atomic E-state index is -0.0403. The first-order chi connectivity index (χ1) is 5.76. The van der Waals surface area contributed by atoms with Gasteiger partial charge >= 0.3 is 0 Å². The van der Waals surface area contributed by atoms with Gasteiger partial charge in [0.1, 0.15) is 18.1 Å². The summed E-state index contributed by atoms with van der Waals surface area (Å²) in [5, 5.41) is 8.72. The topological polar surface area (TPSA) is 59.4 Å². The predicted molar refractivity (Wildman–Crippen MR) is 46.6 cm³/mol. The Morgan fingerprint density at radius 2 is 2.17 bits per heavy atom. The highest BCUT2D eigenvalue weighted by Crippen LogP contribution is 2.10. The molecule has 0 aliphatic heterocycles. The molecule has 3 heteroatoms. The van der Waals surface area contributed by atoms with Crippen LogP contribution in [0.25, 0.3) is 0 Å². The maximum Gasteiger partial charge on any atom is 0.129 e. The van der Waals surface area contributed by atoms with Crippen LogP contribution >= 0.6 is 0 Å². The SMILES string of the molecule is CCC(N)Cc1ccc(CO)o1. The molecule has 1 atom stereocenters. The number of aliphatic hydroxyl groups is 1. The number of rotatable bonds is 4. The Bertz CT molecular complexity index is 232. The Labute approximate surface area is 72.2 Å². The second kappa shape index (κ2) is 4.28. The van der Waals surface area contributed by atoms with Crippen molar-refractivity contribution in [1.29, 1.82) is 0 Å². The summed E-state index contributed by atoms with van der Waals surface area (Å²) in [5.41, 5.74) is 5.73. The fourth-order valence-corrected chi connectivity index (χ4v) is 1.02. The third-order valence-electron chi connectivity index (χ3n) is 1.86. The van der Waals surface area contributed by atoms with Gasteiger partial charge in [0.05, 0.1) is 0 Å². The molecule has 0 fully saturated rings. The number of nitrogens with two attached hydrogens (primary N) is 1. The van der Waals surface area contributed by atoms with Crippen molar-refractivity contribution in [1.82, 2.24) is 0 Å². The van der Waals surface area contributed by atoms with E-state index >= 15 is 0 Å². The Hall–Kier alpha value is -0.800. The lowest BCUT2D eigenvalue weighted by atomic mass is 10.1. The van der Waals surface area contributed by atoms with Crippen LogP contribution in [0.3, 0.4) is 0 Å². The standard InChI is InChI=1S/C9H15NO2/c1-2-7(10)5-8-3-4-9(6-11)12-8/h3-4,7,11H,2,5-6,10H2,1H3. The van der Waals surface area contributed by atoms with Crippen LogP contribution in [0, 0.1) is 0 Å². The van der Waals surface area contributed by atoms with Crippen molar-refractivity contribution >= 4 is 0 Å². The van der Waals surface area contributed by atoms with Crippen molar-refractivity contribution in [2.75, 3.05) is 0 Å². The molecule has 0 aliphatic rings. The summed E-state index contributed by atoms with van der Waals surface area (Å²) < 4.78 is 5.28. The Morgan fingerprint density at radius 3 is 2.67 bits per heavy atom. The summed E-state index contributed by atoms with van der Waals surface area (Å²) in [6.07, 6.45) is 1.69. The van der Waals surface area contributed by atoms with E-state index in [0.717, 1.165) is 18.6 Å². The van der Waals surface area contributed by atoms with Crippen molar-refractivity contribution in [3.63, 3.8) is 0 Å². The van der Waals surface area contributed by atoms with E-state index < -0.39 is 0 Å². The first-order valence-electron chi connectivity index (χ1n) is 4.20. The highest BCUT2D eigenvalue weighted by atomic mass is 16.4. The molecule has 0 aromatic carbocycles. The number of aliphatic hydroxyl groups excluding tert-OH is 1. The third-order valence-corrected chi connectivity index (χ3v) is 1.86. The van der Waals surface area contributed by atoms with Gasteiger partial charge < -0.3 is 15.3 Å². The monoisotopic (exact) mass is 169 g/mol. The molecular weight excluding hydrogens is 154 g/mol. The molecule has 1 heterocycles. The average Bonchev–Trinajstić information content (AvgIpc) is 2.52. The van der Waals surface area contributed by atoms with E-state index in [9.17, 15) is 0 Å². The van der Waals surface area contributed by atoms with Gasteiger partial charge in [0.25, 0.3) is 0 Å². The normalized spacial score (nSPS) is 13.2. The molecule has 68 valence electrons. The first kappa shape index (κ1) is 9.29. The smallest absolute Gasteiger partial charge is 0.129 e. The zero-order valence-electron chi connectivity index (χ0n) is 7.29. The maximum atomic E-state index is 8.72. The zero-order chi connectivity index (χ0) is 8.97. The fourth-order valence-electron chi connectivity index (χ4n) is 1.02. The maximum absolute atomic E-state index is 8.72. The Balaban J connectivity index is 2.52. The van der Waals surface area contributed by atoms with Crippen LogP contribution in [-0.4, -0.2) is 11.1 Å². The lowest BCUT2D eigenvalue weighted by Gasteiger charge is -2.04. The van der Waals surface area contributed by atoms with E-state index in [1.807, 2.05) is 13.0 Å². The molecule has 1 rings (SSSR count). The highest BCUT2D eigenvalue weighted by Gasteiger charge is 2.05. The second-order valence-electron chi connectivity index (χ2n) is 2.90. The van der Waals surface area contributed by atoms with E-state index in [4.69, 9.17) is 15.3 Å². The molecule has 1 unspecified atom stereocenters. The van der Waals surface area contributed by atoms with E-state index in [-0.39, 0.29) is 12.6 Å². The average molecular weight is 169 g/mol. The summed E-state index contributed by atoms with van der Waals surface area (Å²) in [4.78, 5) is 0. The molecule has 12 heavy (non-hydrogen) atoms. The van der Waals surface area contributed by atoms with E-state index in [1.165, 1.54) is 0 Å². The zero-order valence-corrected chi connectivity index (χ0v) is 7.29. The van der Waals surface area contributed by atoms with Crippen molar-refractivity contribution in [3.8, 4) is 0 Å². The van der Waals surface area contributed by atoms with E-state index in [2.05, 4.69) is 0 Å². The summed E-state index contributed by atoms with van der Waals surface area (Å²) in [6, 6.07) is 3.79. The molecular formula is C9H15NO2. The number of hydrogen-bond acceptors (Lipinski definition) is 3. The lowest BCUT2D eigenvalue weighted by Crippen LogP contribution is -2.20. The summed E-state index contributed by atoms with van der Waals surface area (Å²) >= 11 is 0. The lowest BCUT2D eigenvalue weighted by molar-refractivity contribution is 0.243. The van der Waals surface area contributed by atoms with Gasteiger partial charge in [-0.25, -0.2) is 0 Å². The largest absolute Gasteiger partial charge is 0.464 e. The van der Waals surface area contributed by atoms with Gasteiger partial charge in [0.15, 0.2) is 0 Å². The molecule has 0 radical (unpaired) electrons. The van der Waals surface area contributed by atoms with Crippen LogP contribution in [-0.2, 0) is 13.0 Å². The van der Waals surface area contributed by atoms with Crippen molar-refractivity contribution in [3.05, 3.63) is 23.7 Å². The van der Waals surface area contributed by atoms with Crippen LogP contribution in [0.4, 0.5) is 0 Å². The Kier molecular flexibility index (Phi) is 3.31. The highest BCUT2D eigenvalue weighted by molar-refractivity contribution is 5.07. The minimum absolute atomic E-state index is 0.0403. The molecule has 0 spiro atoms. The molecule has 0 saturated carbocycles. The van der Waals surface area contributed by atoms with Gasteiger partial charge in [0.2, 0.25) is 0 Å². The molecule has 0 bridgehead atoms. The quantitative estimate of drug-likeness (QED) is 0.708. The molecule has 1 aromatic heterocycles. The van der Waals surface area contributed by atoms with E-state index in [1.54, 1.807) is 6.07 Å².